The van der Waals surface area contributed by atoms with Crippen molar-refractivity contribution in [2.24, 2.45) is 0 Å². The van der Waals surface area contributed by atoms with E-state index in [-0.39, 0.29) is 11.8 Å². The Balaban J connectivity index is 1.27. The number of hydrogen-bond acceptors (Lipinski definition) is 2. The third kappa shape index (κ3) is 3.25. The molecule has 144 valence electrons. The van der Waals surface area contributed by atoms with Gasteiger partial charge in [0.15, 0.2) is 0 Å². The largest absolute Gasteiger partial charge is 0.351 e. The minimum atomic E-state index is -0.0148. The van der Waals surface area contributed by atoms with E-state index in [0.717, 1.165) is 21.7 Å². The van der Waals surface area contributed by atoms with Crippen molar-refractivity contribution >= 4 is 33.5 Å². The van der Waals surface area contributed by atoms with Crippen LogP contribution in [-0.2, 0) is 0 Å². The molecule has 5 nitrogen and oxygen atoms in total. The van der Waals surface area contributed by atoms with Gasteiger partial charge in [0.25, 0.3) is 11.8 Å². The van der Waals surface area contributed by atoms with Crippen molar-refractivity contribution in [3.63, 3.8) is 0 Å². The van der Waals surface area contributed by atoms with E-state index in [9.17, 15) is 9.59 Å². The summed E-state index contributed by atoms with van der Waals surface area (Å²) in [7, 11) is 0. The number of hydrogen-bond donors (Lipinski definition) is 1. The zero-order valence-electron chi connectivity index (χ0n) is 16.0. The average Bonchev–Trinajstić information content (AvgIpc) is 3.22. The maximum absolute atomic E-state index is 12.9. The summed E-state index contributed by atoms with van der Waals surface area (Å²) in [6, 6.07) is 23.6. The molecule has 1 N–H and O–H groups in total. The number of aromatic amines is 1. The summed E-state index contributed by atoms with van der Waals surface area (Å²) >= 11 is 0. The number of aromatic nitrogens is 1. The fourth-order valence-corrected chi connectivity index (χ4v) is 3.98. The minimum absolute atomic E-state index is 0.0148. The highest BCUT2D eigenvalue weighted by atomic mass is 16.2. The lowest BCUT2D eigenvalue weighted by molar-refractivity contribution is 0.0533. The number of nitrogens with one attached hydrogen (secondary N) is 1. The van der Waals surface area contributed by atoms with Crippen LogP contribution in [0.5, 0.6) is 0 Å². The number of fused-ring (bicyclic) bond motifs is 2. The Morgan fingerprint density at radius 2 is 1.28 bits per heavy atom. The smallest absolute Gasteiger partial charge is 0.270 e. The van der Waals surface area contributed by atoms with E-state index in [0.29, 0.717) is 37.4 Å². The van der Waals surface area contributed by atoms with Crippen LogP contribution in [0.1, 0.15) is 20.8 Å². The predicted molar refractivity (Wildman–Crippen MR) is 114 cm³/mol. The van der Waals surface area contributed by atoms with Crippen LogP contribution < -0.4 is 0 Å². The van der Waals surface area contributed by atoms with Crippen molar-refractivity contribution in [1.82, 2.24) is 14.8 Å². The summed E-state index contributed by atoms with van der Waals surface area (Å²) in [5, 5.41) is 3.21. The number of carbonyl (C=O) groups excluding carboxylic acids is 2. The SMILES string of the molecule is O=C(c1ccc2ccccc2c1)N1CCN(C(=O)c2cc3ccccc3[nH]2)CC1. The zero-order valence-corrected chi connectivity index (χ0v) is 16.0. The Labute approximate surface area is 168 Å². The van der Waals surface area contributed by atoms with Crippen LogP contribution in [0.15, 0.2) is 72.8 Å². The second kappa shape index (κ2) is 7.09. The van der Waals surface area contributed by atoms with Gasteiger partial charge in [-0.3, -0.25) is 9.59 Å². The molecule has 1 aromatic heterocycles. The molecule has 1 fully saturated rings. The number of carbonyl (C=O) groups is 2. The van der Waals surface area contributed by atoms with Crippen molar-refractivity contribution < 1.29 is 9.59 Å². The third-order valence-electron chi connectivity index (χ3n) is 5.61. The molecule has 1 aliphatic heterocycles. The summed E-state index contributed by atoms with van der Waals surface area (Å²) in [5.74, 6) is 0.00692. The Morgan fingerprint density at radius 3 is 2.00 bits per heavy atom. The summed E-state index contributed by atoms with van der Waals surface area (Å²) in [4.78, 5) is 32.6. The molecule has 1 saturated heterocycles. The van der Waals surface area contributed by atoms with E-state index in [2.05, 4.69) is 4.98 Å². The van der Waals surface area contributed by atoms with Gasteiger partial charge in [-0.05, 0) is 35.0 Å². The molecular formula is C24H21N3O2. The minimum Gasteiger partial charge on any atom is -0.351 e. The number of piperazine rings is 1. The summed E-state index contributed by atoms with van der Waals surface area (Å²) in [6.45, 7) is 2.15. The highest BCUT2D eigenvalue weighted by molar-refractivity contribution is 6.00. The first kappa shape index (κ1) is 17.5. The van der Waals surface area contributed by atoms with Gasteiger partial charge in [0.05, 0.1) is 0 Å². The fourth-order valence-electron chi connectivity index (χ4n) is 3.98. The van der Waals surface area contributed by atoms with E-state index in [1.165, 1.54) is 0 Å². The number of H-pyrrole nitrogens is 1. The maximum Gasteiger partial charge on any atom is 0.270 e. The maximum atomic E-state index is 12.9. The van der Waals surface area contributed by atoms with Gasteiger partial charge < -0.3 is 14.8 Å². The molecule has 0 atom stereocenters. The first-order chi connectivity index (χ1) is 14.2. The van der Waals surface area contributed by atoms with E-state index in [1.54, 1.807) is 0 Å². The molecule has 2 heterocycles. The first-order valence-corrected chi connectivity index (χ1v) is 9.84. The zero-order chi connectivity index (χ0) is 19.8. The van der Waals surface area contributed by atoms with E-state index in [1.807, 2.05) is 82.6 Å². The fraction of sp³-hybridized carbons (Fsp3) is 0.167. The second-order valence-corrected chi connectivity index (χ2v) is 7.42. The third-order valence-corrected chi connectivity index (χ3v) is 5.61. The number of para-hydroxylation sites is 1. The molecule has 0 saturated carbocycles. The second-order valence-electron chi connectivity index (χ2n) is 7.42. The lowest BCUT2D eigenvalue weighted by Gasteiger charge is -2.34. The summed E-state index contributed by atoms with van der Waals surface area (Å²) in [6.07, 6.45) is 0. The van der Waals surface area contributed by atoms with Crippen LogP contribution in [0.3, 0.4) is 0 Å². The molecule has 0 aliphatic carbocycles. The van der Waals surface area contributed by atoms with Crippen LogP contribution in [-0.4, -0.2) is 52.8 Å². The van der Waals surface area contributed by atoms with Crippen LogP contribution in [0.25, 0.3) is 21.7 Å². The lowest BCUT2D eigenvalue weighted by atomic mass is 10.1. The van der Waals surface area contributed by atoms with Gasteiger partial charge in [0.2, 0.25) is 0 Å². The Bertz CT molecular complexity index is 1190. The van der Waals surface area contributed by atoms with Gasteiger partial charge >= 0.3 is 0 Å². The quantitative estimate of drug-likeness (QED) is 0.570. The molecule has 29 heavy (non-hydrogen) atoms. The molecule has 5 heteroatoms. The molecule has 5 rings (SSSR count). The highest BCUT2D eigenvalue weighted by Crippen LogP contribution is 2.19. The van der Waals surface area contributed by atoms with Crippen molar-refractivity contribution in [3.8, 4) is 0 Å². The van der Waals surface area contributed by atoms with E-state index >= 15 is 0 Å². The molecule has 2 amide bonds. The normalized spacial score (nSPS) is 14.5. The molecule has 0 spiro atoms. The number of rotatable bonds is 2. The molecule has 0 bridgehead atoms. The average molecular weight is 383 g/mol. The molecule has 3 aromatic carbocycles. The van der Waals surface area contributed by atoms with Crippen molar-refractivity contribution in [1.29, 1.82) is 0 Å². The van der Waals surface area contributed by atoms with Crippen LogP contribution in [0.4, 0.5) is 0 Å². The van der Waals surface area contributed by atoms with Gasteiger partial charge in [-0.2, -0.15) is 0 Å². The van der Waals surface area contributed by atoms with Gasteiger partial charge in [-0.1, -0.05) is 48.5 Å². The molecule has 0 unspecified atom stereocenters. The predicted octanol–water partition coefficient (Wildman–Crippen LogP) is 3.92. The number of amides is 2. The monoisotopic (exact) mass is 383 g/mol. The van der Waals surface area contributed by atoms with Crippen molar-refractivity contribution in [3.05, 3.63) is 84.1 Å². The Morgan fingerprint density at radius 1 is 0.655 bits per heavy atom. The summed E-state index contributed by atoms with van der Waals surface area (Å²) in [5.41, 5.74) is 2.25. The number of nitrogens with zero attached hydrogens (tertiary/aromatic N) is 2. The molecule has 0 radical (unpaired) electrons. The van der Waals surface area contributed by atoms with Gasteiger partial charge in [-0.25, -0.2) is 0 Å². The highest BCUT2D eigenvalue weighted by Gasteiger charge is 2.26. The lowest BCUT2D eigenvalue weighted by Crippen LogP contribution is -2.50. The van der Waals surface area contributed by atoms with Gasteiger partial charge in [0.1, 0.15) is 5.69 Å². The van der Waals surface area contributed by atoms with Gasteiger partial charge in [0, 0.05) is 42.6 Å². The van der Waals surface area contributed by atoms with Crippen LogP contribution in [0.2, 0.25) is 0 Å². The molecule has 4 aromatic rings. The van der Waals surface area contributed by atoms with Crippen molar-refractivity contribution in [2.75, 3.05) is 26.2 Å². The Hall–Kier alpha value is -3.60. The Kier molecular flexibility index (Phi) is 4.28. The first-order valence-electron chi connectivity index (χ1n) is 9.84. The molecular weight excluding hydrogens is 362 g/mol. The number of benzene rings is 3. The van der Waals surface area contributed by atoms with Gasteiger partial charge in [-0.15, -0.1) is 0 Å². The topological polar surface area (TPSA) is 56.4 Å². The van der Waals surface area contributed by atoms with Crippen LogP contribution in [0, 0.1) is 0 Å². The van der Waals surface area contributed by atoms with Crippen LogP contribution >= 0.6 is 0 Å². The standard InChI is InChI=1S/C24H21N3O2/c28-23(20-10-9-17-5-1-2-6-18(17)15-20)26-11-13-27(14-12-26)24(29)22-16-19-7-3-4-8-21(19)25-22/h1-10,15-16,25H,11-14H2. The van der Waals surface area contributed by atoms with E-state index in [4.69, 9.17) is 0 Å². The summed E-state index contributed by atoms with van der Waals surface area (Å²) < 4.78 is 0. The van der Waals surface area contributed by atoms with Crippen molar-refractivity contribution in [2.45, 2.75) is 0 Å². The molecule has 1 aliphatic rings. The van der Waals surface area contributed by atoms with E-state index < -0.39 is 0 Å².